The molecule has 3 nitrogen and oxygen atoms in total. The zero-order valence-electron chi connectivity index (χ0n) is 9.54. The van der Waals surface area contributed by atoms with E-state index in [9.17, 15) is 4.79 Å². The van der Waals surface area contributed by atoms with Gasteiger partial charge in [0.25, 0.3) is 0 Å². The van der Waals surface area contributed by atoms with Crippen LogP contribution >= 0.6 is 0 Å². The van der Waals surface area contributed by atoms with E-state index in [4.69, 9.17) is 4.74 Å². The first-order chi connectivity index (χ1) is 7.72. The van der Waals surface area contributed by atoms with Crippen LogP contribution in [0.15, 0.2) is 24.3 Å². The molecule has 1 amide bonds. The lowest BCUT2D eigenvalue weighted by Gasteiger charge is -2.05. The lowest BCUT2D eigenvalue weighted by molar-refractivity contribution is -0.114. The summed E-state index contributed by atoms with van der Waals surface area (Å²) >= 11 is 0. The summed E-state index contributed by atoms with van der Waals surface area (Å²) in [5.41, 5.74) is 0.730. The highest BCUT2D eigenvalue weighted by Gasteiger charge is 1.97. The average molecular weight is 217 g/mol. The van der Waals surface area contributed by atoms with E-state index in [0.29, 0.717) is 12.4 Å². The Morgan fingerprint density at radius 1 is 1.44 bits per heavy atom. The predicted molar refractivity (Wildman–Crippen MR) is 64.3 cm³/mol. The molecule has 0 unspecified atom stereocenters. The minimum absolute atomic E-state index is 0.0945. The number of anilines is 1. The molecule has 1 rings (SSSR count). The van der Waals surface area contributed by atoms with E-state index >= 15 is 0 Å². The fourth-order valence-electron chi connectivity index (χ4n) is 1.16. The second-order valence-corrected chi connectivity index (χ2v) is 3.20. The number of carbonyl (C=O) groups is 1. The van der Waals surface area contributed by atoms with Crippen molar-refractivity contribution in [1.82, 2.24) is 0 Å². The van der Waals surface area contributed by atoms with Crippen molar-refractivity contribution in [2.24, 2.45) is 0 Å². The second-order valence-electron chi connectivity index (χ2n) is 3.20. The van der Waals surface area contributed by atoms with Gasteiger partial charge in [-0.05, 0) is 12.1 Å². The Morgan fingerprint density at radius 3 is 2.94 bits per heavy atom. The zero-order valence-corrected chi connectivity index (χ0v) is 9.54. The van der Waals surface area contributed by atoms with Crippen LogP contribution in [-0.4, -0.2) is 12.5 Å². The molecule has 0 saturated heterocycles. The first-order valence-corrected chi connectivity index (χ1v) is 5.18. The molecule has 0 heterocycles. The van der Waals surface area contributed by atoms with Crippen LogP contribution in [0.4, 0.5) is 5.69 Å². The molecule has 0 aliphatic heterocycles. The molecule has 0 bridgehead atoms. The highest BCUT2D eigenvalue weighted by atomic mass is 16.5. The predicted octanol–water partition coefficient (Wildman–Crippen LogP) is 2.44. The highest BCUT2D eigenvalue weighted by molar-refractivity contribution is 5.88. The molecule has 0 saturated carbocycles. The van der Waals surface area contributed by atoms with Gasteiger partial charge in [-0.3, -0.25) is 4.79 Å². The Labute approximate surface area is 95.8 Å². The van der Waals surface area contributed by atoms with Gasteiger partial charge < -0.3 is 10.1 Å². The van der Waals surface area contributed by atoms with Crippen LogP contribution in [0.5, 0.6) is 5.75 Å². The van der Waals surface area contributed by atoms with E-state index in [1.54, 1.807) is 6.07 Å². The molecular weight excluding hydrogens is 202 g/mol. The lowest BCUT2D eigenvalue weighted by Crippen LogP contribution is -2.05. The summed E-state index contributed by atoms with van der Waals surface area (Å²) in [5.74, 6) is 6.42. The highest BCUT2D eigenvalue weighted by Crippen LogP contribution is 2.16. The van der Waals surface area contributed by atoms with Crippen LogP contribution in [-0.2, 0) is 4.79 Å². The molecule has 84 valence electrons. The van der Waals surface area contributed by atoms with Crippen molar-refractivity contribution in [1.29, 1.82) is 0 Å². The van der Waals surface area contributed by atoms with Gasteiger partial charge in [-0.25, -0.2) is 0 Å². The average Bonchev–Trinajstić information content (AvgIpc) is 2.24. The van der Waals surface area contributed by atoms with Crippen LogP contribution in [0.25, 0.3) is 0 Å². The molecule has 16 heavy (non-hydrogen) atoms. The lowest BCUT2D eigenvalue weighted by atomic mass is 10.3. The Bertz CT molecular complexity index is 415. The topological polar surface area (TPSA) is 38.3 Å². The number of ether oxygens (including phenoxy) is 1. The van der Waals surface area contributed by atoms with Gasteiger partial charge in [0.1, 0.15) is 12.4 Å². The summed E-state index contributed by atoms with van der Waals surface area (Å²) in [4.78, 5) is 10.8. The van der Waals surface area contributed by atoms with Crippen molar-refractivity contribution in [3.05, 3.63) is 24.3 Å². The fraction of sp³-hybridized carbons (Fsp3) is 0.308. The molecule has 0 aliphatic rings. The van der Waals surface area contributed by atoms with Gasteiger partial charge in [-0.15, -0.1) is 5.92 Å². The number of amides is 1. The van der Waals surface area contributed by atoms with Crippen molar-refractivity contribution < 1.29 is 9.53 Å². The maximum atomic E-state index is 10.8. The Hall–Kier alpha value is -1.95. The maximum absolute atomic E-state index is 10.8. The number of hydrogen-bond donors (Lipinski definition) is 1. The van der Waals surface area contributed by atoms with E-state index in [2.05, 4.69) is 17.2 Å². The van der Waals surface area contributed by atoms with E-state index in [1.165, 1.54) is 6.92 Å². The van der Waals surface area contributed by atoms with Gasteiger partial charge in [-0.2, -0.15) is 0 Å². The van der Waals surface area contributed by atoms with Crippen molar-refractivity contribution in [2.45, 2.75) is 20.3 Å². The molecule has 1 N–H and O–H groups in total. The van der Waals surface area contributed by atoms with Gasteiger partial charge in [0.05, 0.1) is 0 Å². The third-order valence-corrected chi connectivity index (χ3v) is 1.77. The SMILES string of the molecule is CCC#CCOc1cccc(NC(C)=O)c1. The molecular formula is C13H15NO2. The quantitative estimate of drug-likeness (QED) is 0.790. The number of nitrogens with one attached hydrogen (secondary N) is 1. The summed E-state index contributed by atoms with van der Waals surface area (Å²) in [6, 6.07) is 7.24. The molecule has 3 heteroatoms. The summed E-state index contributed by atoms with van der Waals surface area (Å²) in [7, 11) is 0. The summed E-state index contributed by atoms with van der Waals surface area (Å²) in [6.45, 7) is 3.84. The minimum Gasteiger partial charge on any atom is -0.481 e. The molecule has 0 aromatic heterocycles. The monoisotopic (exact) mass is 217 g/mol. The Morgan fingerprint density at radius 2 is 2.25 bits per heavy atom. The van der Waals surface area contributed by atoms with E-state index < -0.39 is 0 Å². The van der Waals surface area contributed by atoms with Gasteiger partial charge in [-0.1, -0.05) is 18.9 Å². The fourth-order valence-corrected chi connectivity index (χ4v) is 1.16. The van der Waals surface area contributed by atoms with E-state index in [-0.39, 0.29) is 5.91 Å². The first-order valence-electron chi connectivity index (χ1n) is 5.18. The van der Waals surface area contributed by atoms with Crippen LogP contribution in [0.1, 0.15) is 20.3 Å². The normalized spacial score (nSPS) is 8.88. The third kappa shape index (κ3) is 4.52. The molecule has 1 aromatic carbocycles. The smallest absolute Gasteiger partial charge is 0.221 e. The zero-order chi connectivity index (χ0) is 11.8. The van der Waals surface area contributed by atoms with Crippen LogP contribution in [0.3, 0.4) is 0 Å². The number of rotatable bonds is 3. The second kappa shape index (κ2) is 6.52. The first kappa shape index (κ1) is 12.1. The van der Waals surface area contributed by atoms with Crippen molar-refractivity contribution in [3.8, 4) is 17.6 Å². The van der Waals surface area contributed by atoms with Crippen LogP contribution < -0.4 is 10.1 Å². The largest absolute Gasteiger partial charge is 0.481 e. The summed E-state index contributed by atoms with van der Waals surface area (Å²) in [5, 5.41) is 2.69. The molecule has 0 fully saturated rings. The van der Waals surface area contributed by atoms with Gasteiger partial charge in [0, 0.05) is 25.1 Å². The van der Waals surface area contributed by atoms with Crippen molar-refractivity contribution in [2.75, 3.05) is 11.9 Å². The van der Waals surface area contributed by atoms with Crippen LogP contribution in [0.2, 0.25) is 0 Å². The van der Waals surface area contributed by atoms with Crippen molar-refractivity contribution in [3.63, 3.8) is 0 Å². The van der Waals surface area contributed by atoms with Gasteiger partial charge >= 0.3 is 0 Å². The standard InChI is InChI=1S/C13H15NO2/c1-3-4-5-9-16-13-8-6-7-12(10-13)14-11(2)15/h6-8,10H,3,9H2,1-2H3,(H,14,15). The minimum atomic E-state index is -0.0945. The van der Waals surface area contributed by atoms with E-state index in [0.717, 1.165) is 12.1 Å². The van der Waals surface area contributed by atoms with Crippen LogP contribution in [0, 0.1) is 11.8 Å². The molecule has 0 atom stereocenters. The van der Waals surface area contributed by atoms with E-state index in [1.807, 2.05) is 25.1 Å². The molecule has 0 radical (unpaired) electrons. The third-order valence-electron chi connectivity index (χ3n) is 1.77. The summed E-state index contributed by atoms with van der Waals surface area (Å²) in [6.07, 6.45) is 0.829. The number of benzene rings is 1. The molecule has 1 aromatic rings. The molecule has 0 spiro atoms. The number of hydrogen-bond acceptors (Lipinski definition) is 2. The Kier molecular flexibility index (Phi) is 4.94. The Balaban J connectivity index is 2.56. The maximum Gasteiger partial charge on any atom is 0.221 e. The van der Waals surface area contributed by atoms with Gasteiger partial charge in [0.2, 0.25) is 5.91 Å². The number of carbonyl (C=O) groups excluding carboxylic acids is 1. The van der Waals surface area contributed by atoms with Gasteiger partial charge in [0.15, 0.2) is 0 Å². The molecule has 0 aliphatic carbocycles. The van der Waals surface area contributed by atoms with Crippen molar-refractivity contribution >= 4 is 11.6 Å². The summed E-state index contributed by atoms with van der Waals surface area (Å²) < 4.78 is 5.41.